The Morgan fingerprint density at radius 2 is 1.95 bits per heavy atom. The van der Waals surface area contributed by atoms with E-state index < -0.39 is 0 Å². The molecule has 21 heavy (non-hydrogen) atoms. The lowest BCUT2D eigenvalue weighted by atomic mass is 10.0. The molecule has 0 saturated carbocycles. The van der Waals surface area contributed by atoms with E-state index in [0.717, 1.165) is 22.2 Å². The van der Waals surface area contributed by atoms with E-state index in [0.29, 0.717) is 6.54 Å². The molecule has 3 heteroatoms. The zero-order valence-electron chi connectivity index (χ0n) is 12.0. The zero-order valence-corrected chi connectivity index (χ0v) is 12.0. The number of ether oxygens (including phenoxy) is 1. The van der Waals surface area contributed by atoms with Crippen LogP contribution < -0.4 is 10.5 Å². The van der Waals surface area contributed by atoms with Gasteiger partial charge in [0.05, 0.1) is 5.52 Å². The van der Waals surface area contributed by atoms with Gasteiger partial charge in [-0.15, -0.1) is 0 Å². The number of nitrogens with zero attached hydrogens (tertiary/aromatic N) is 1. The SMILES string of the molecule is Cc1ccccc1C(CN)Oc1ccc2cccnc2c1. The number of hydrogen-bond donors (Lipinski definition) is 1. The van der Waals surface area contributed by atoms with Gasteiger partial charge < -0.3 is 10.5 Å². The molecule has 0 radical (unpaired) electrons. The molecule has 0 aliphatic heterocycles. The van der Waals surface area contributed by atoms with E-state index in [1.54, 1.807) is 6.20 Å². The predicted octanol–water partition coefficient (Wildman–Crippen LogP) is 3.62. The maximum absolute atomic E-state index is 6.07. The summed E-state index contributed by atoms with van der Waals surface area (Å²) < 4.78 is 6.07. The van der Waals surface area contributed by atoms with Gasteiger partial charge in [0.1, 0.15) is 11.9 Å². The molecule has 0 saturated heterocycles. The molecule has 2 N–H and O–H groups in total. The Bertz CT molecular complexity index is 755. The smallest absolute Gasteiger partial charge is 0.136 e. The van der Waals surface area contributed by atoms with Crippen LogP contribution in [0.15, 0.2) is 60.8 Å². The van der Waals surface area contributed by atoms with Crippen molar-refractivity contribution < 1.29 is 4.74 Å². The van der Waals surface area contributed by atoms with Crippen molar-refractivity contribution in [1.82, 2.24) is 4.98 Å². The Balaban J connectivity index is 1.90. The van der Waals surface area contributed by atoms with Gasteiger partial charge in [0.25, 0.3) is 0 Å². The molecule has 1 atom stereocenters. The summed E-state index contributed by atoms with van der Waals surface area (Å²) in [6.07, 6.45) is 1.64. The van der Waals surface area contributed by atoms with Gasteiger partial charge in [-0.25, -0.2) is 0 Å². The summed E-state index contributed by atoms with van der Waals surface area (Å²) in [5, 5.41) is 1.10. The molecular weight excluding hydrogens is 260 g/mol. The maximum atomic E-state index is 6.07. The quantitative estimate of drug-likeness (QED) is 0.793. The first-order valence-corrected chi connectivity index (χ1v) is 7.05. The summed E-state index contributed by atoms with van der Waals surface area (Å²) in [5.74, 6) is 0.792. The van der Waals surface area contributed by atoms with Crippen molar-refractivity contribution in [2.75, 3.05) is 6.54 Å². The second-order valence-corrected chi connectivity index (χ2v) is 5.06. The number of rotatable bonds is 4. The zero-order chi connectivity index (χ0) is 14.7. The molecule has 1 heterocycles. The highest BCUT2D eigenvalue weighted by molar-refractivity contribution is 5.79. The molecule has 0 aliphatic carbocycles. The van der Waals surface area contributed by atoms with E-state index in [1.165, 1.54) is 5.56 Å². The summed E-state index contributed by atoms with van der Waals surface area (Å²) in [6, 6.07) is 18.1. The van der Waals surface area contributed by atoms with Gasteiger partial charge in [0.15, 0.2) is 0 Å². The second kappa shape index (κ2) is 5.94. The fraction of sp³-hybridized carbons (Fsp3) is 0.167. The van der Waals surface area contributed by atoms with Gasteiger partial charge in [-0.05, 0) is 36.2 Å². The fourth-order valence-electron chi connectivity index (χ4n) is 2.47. The molecule has 3 nitrogen and oxygen atoms in total. The molecule has 3 aromatic rings. The highest BCUT2D eigenvalue weighted by atomic mass is 16.5. The summed E-state index contributed by atoms with van der Waals surface area (Å²) in [7, 11) is 0. The van der Waals surface area contributed by atoms with E-state index >= 15 is 0 Å². The predicted molar refractivity (Wildman–Crippen MR) is 85.3 cm³/mol. The van der Waals surface area contributed by atoms with Gasteiger partial charge in [0, 0.05) is 24.2 Å². The third-order valence-corrected chi connectivity index (χ3v) is 3.61. The minimum Gasteiger partial charge on any atom is -0.484 e. The Morgan fingerprint density at radius 1 is 1.10 bits per heavy atom. The first kappa shape index (κ1) is 13.6. The van der Waals surface area contributed by atoms with Crippen LogP contribution in [-0.4, -0.2) is 11.5 Å². The van der Waals surface area contributed by atoms with Crippen molar-refractivity contribution >= 4 is 10.9 Å². The van der Waals surface area contributed by atoms with Crippen LogP contribution in [0.2, 0.25) is 0 Å². The van der Waals surface area contributed by atoms with Crippen molar-refractivity contribution in [3.63, 3.8) is 0 Å². The van der Waals surface area contributed by atoms with Crippen LogP contribution in [0.25, 0.3) is 10.9 Å². The average molecular weight is 278 g/mol. The lowest BCUT2D eigenvalue weighted by Gasteiger charge is -2.19. The normalized spacial score (nSPS) is 12.3. The van der Waals surface area contributed by atoms with Crippen molar-refractivity contribution in [3.05, 3.63) is 71.9 Å². The molecule has 0 spiro atoms. The number of fused-ring (bicyclic) bond motifs is 1. The molecule has 0 amide bonds. The topological polar surface area (TPSA) is 48.1 Å². The number of aryl methyl sites for hydroxylation is 1. The van der Waals surface area contributed by atoms with Crippen LogP contribution in [0.3, 0.4) is 0 Å². The molecule has 0 fully saturated rings. The van der Waals surface area contributed by atoms with Crippen LogP contribution in [0.4, 0.5) is 0 Å². The minimum atomic E-state index is -0.146. The molecule has 1 unspecified atom stereocenters. The van der Waals surface area contributed by atoms with E-state index in [4.69, 9.17) is 10.5 Å². The largest absolute Gasteiger partial charge is 0.484 e. The van der Waals surface area contributed by atoms with Crippen LogP contribution in [-0.2, 0) is 0 Å². The molecule has 2 aromatic carbocycles. The third-order valence-electron chi connectivity index (χ3n) is 3.61. The molecule has 0 aliphatic rings. The lowest BCUT2D eigenvalue weighted by molar-refractivity contribution is 0.214. The molecule has 1 aromatic heterocycles. The molecule has 106 valence electrons. The number of aromatic nitrogens is 1. The lowest BCUT2D eigenvalue weighted by Crippen LogP contribution is -2.19. The van der Waals surface area contributed by atoms with Gasteiger partial charge >= 0.3 is 0 Å². The Kier molecular flexibility index (Phi) is 3.84. The number of benzene rings is 2. The van der Waals surface area contributed by atoms with Gasteiger partial charge in [-0.2, -0.15) is 0 Å². The monoisotopic (exact) mass is 278 g/mol. The summed E-state index contributed by atoms with van der Waals surface area (Å²) in [4.78, 5) is 4.35. The molecular formula is C18H18N2O. The van der Waals surface area contributed by atoms with Crippen LogP contribution in [0, 0.1) is 6.92 Å². The van der Waals surface area contributed by atoms with Gasteiger partial charge in [0.2, 0.25) is 0 Å². The average Bonchev–Trinajstić information content (AvgIpc) is 2.53. The first-order valence-electron chi connectivity index (χ1n) is 7.05. The fourth-order valence-corrected chi connectivity index (χ4v) is 2.47. The number of hydrogen-bond acceptors (Lipinski definition) is 3. The van der Waals surface area contributed by atoms with E-state index in [2.05, 4.69) is 24.0 Å². The standard InChI is InChI=1S/C18H18N2O/c1-13-5-2-3-7-16(13)18(12-19)21-15-9-8-14-6-4-10-20-17(14)11-15/h2-11,18H,12,19H2,1H3. The summed E-state index contributed by atoms with van der Waals surface area (Å²) in [6.45, 7) is 2.51. The van der Waals surface area contributed by atoms with E-state index in [9.17, 15) is 0 Å². The van der Waals surface area contributed by atoms with E-state index in [1.807, 2.05) is 42.5 Å². The highest BCUT2D eigenvalue weighted by Crippen LogP contribution is 2.26. The molecule has 0 bridgehead atoms. The third kappa shape index (κ3) is 2.88. The Morgan fingerprint density at radius 3 is 2.76 bits per heavy atom. The number of pyridine rings is 1. The Labute approximate surface area is 124 Å². The van der Waals surface area contributed by atoms with Crippen molar-refractivity contribution in [2.45, 2.75) is 13.0 Å². The Hall–Kier alpha value is -2.39. The van der Waals surface area contributed by atoms with Crippen molar-refractivity contribution in [1.29, 1.82) is 0 Å². The number of nitrogens with two attached hydrogens (primary N) is 1. The van der Waals surface area contributed by atoms with Gasteiger partial charge in [-0.1, -0.05) is 30.3 Å². The van der Waals surface area contributed by atoms with Crippen LogP contribution >= 0.6 is 0 Å². The maximum Gasteiger partial charge on any atom is 0.136 e. The summed E-state index contributed by atoms with van der Waals surface area (Å²) >= 11 is 0. The molecule has 3 rings (SSSR count). The van der Waals surface area contributed by atoms with Crippen molar-refractivity contribution in [2.24, 2.45) is 5.73 Å². The first-order chi connectivity index (χ1) is 10.3. The van der Waals surface area contributed by atoms with Crippen LogP contribution in [0.1, 0.15) is 17.2 Å². The summed E-state index contributed by atoms with van der Waals surface area (Å²) in [5.41, 5.74) is 9.13. The van der Waals surface area contributed by atoms with Crippen LogP contribution in [0.5, 0.6) is 5.75 Å². The highest BCUT2D eigenvalue weighted by Gasteiger charge is 2.13. The van der Waals surface area contributed by atoms with Gasteiger partial charge in [-0.3, -0.25) is 4.98 Å². The minimum absolute atomic E-state index is 0.146. The van der Waals surface area contributed by atoms with Crippen molar-refractivity contribution in [3.8, 4) is 5.75 Å². The second-order valence-electron chi connectivity index (χ2n) is 5.06. The van der Waals surface area contributed by atoms with E-state index in [-0.39, 0.29) is 6.10 Å².